The lowest BCUT2D eigenvalue weighted by atomic mass is 9.72. The van der Waals surface area contributed by atoms with Gasteiger partial charge in [-0.15, -0.1) is 0 Å². The number of aryl methyl sites for hydroxylation is 1. The van der Waals surface area contributed by atoms with Gasteiger partial charge >= 0.3 is 6.18 Å². The molecule has 3 aliphatic heterocycles. The summed E-state index contributed by atoms with van der Waals surface area (Å²) in [6, 6.07) is 1.76. The summed E-state index contributed by atoms with van der Waals surface area (Å²) in [5.41, 5.74) is -1.20. The van der Waals surface area contributed by atoms with E-state index in [-0.39, 0.29) is 16.0 Å². The largest absolute Gasteiger partial charge is 0.433 e. The summed E-state index contributed by atoms with van der Waals surface area (Å²) in [4.78, 5) is 5.74. The van der Waals surface area contributed by atoms with E-state index in [1.165, 1.54) is 24.1 Å². The molecule has 166 valence electrons. The molecule has 4 aliphatic rings. The van der Waals surface area contributed by atoms with Crippen LogP contribution >= 0.6 is 0 Å². The van der Waals surface area contributed by atoms with Crippen molar-refractivity contribution >= 4 is 10.0 Å². The molecular formula is C20H26F3N3O3S. The molecule has 1 saturated carbocycles. The van der Waals surface area contributed by atoms with Gasteiger partial charge in [0.05, 0.1) is 18.4 Å². The number of sulfonamides is 1. The van der Waals surface area contributed by atoms with E-state index in [0.717, 1.165) is 44.8 Å². The first kappa shape index (κ1) is 20.7. The highest BCUT2D eigenvalue weighted by molar-refractivity contribution is 7.89. The van der Waals surface area contributed by atoms with Crippen LogP contribution < -0.4 is 0 Å². The topological polar surface area (TPSA) is 62.7 Å². The van der Waals surface area contributed by atoms with E-state index in [4.69, 9.17) is 4.74 Å². The smallest absolute Gasteiger partial charge is 0.378 e. The van der Waals surface area contributed by atoms with Gasteiger partial charge in [0.2, 0.25) is 10.0 Å². The summed E-state index contributed by atoms with van der Waals surface area (Å²) >= 11 is 0. The Bertz CT molecular complexity index is 938. The van der Waals surface area contributed by atoms with Gasteiger partial charge < -0.3 is 9.64 Å². The third-order valence-electron chi connectivity index (χ3n) is 7.22. The van der Waals surface area contributed by atoms with Crippen LogP contribution in [0, 0.1) is 24.2 Å². The number of halogens is 3. The maximum atomic E-state index is 12.9. The number of rotatable bonds is 4. The van der Waals surface area contributed by atoms with Gasteiger partial charge in [0.1, 0.15) is 10.6 Å². The first-order chi connectivity index (χ1) is 14.1. The first-order valence-electron chi connectivity index (χ1n) is 10.4. The van der Waals surface area contributed by atoms with E-state index in [9.17, 15) is 21.6 Å². The highest BCUT2D eigenvalue weighted by Gasteiger charge is 2.56. The standard InChI is InChI=1S/C20H26F3N3O3S/c1-13-17(4-5-18(24-13)20(21,22)23)30(27,28)26-11-19(12-26)9-25(10-19)7-14-2-3-16-6-15(14)8-29-16/h4-5,14-16H,2-3,6-12H2,1H3/t14-,15-,16-/m0/s1. The molecule has 5 rings (SSSR count). The molecule has 0 N–H and O–H groups in total. The number of fused-ring (bicyclic) bond motifs is 2. The van der Waals surface area contributed by atoms with Crippen LogP contribution in [0.15, 0.2) is 17.0 Å². The van der Waals surface area contributed by atoms with Gasteiger partial charge in [-0.3, -0.25) is 0 Å². The third kappa shape index (κ3) is 3.45. The predicted octanol–water partition coefficient (Wildman–Crippen LogP) is 2.53. The maximum absolute atomic E-state index is 12.9. The van der Waals surface area contributed by atoms with Gasteiger partial charge in [-0.1, -0.05) is 0 Å². The van der Waals surface area contributed by atoms with Gasteiger partial charge in [0.25, 0.3) is 0 Å². The summed E-state index contributed by atoms with van der Waals surface area (Å²) in [6.07, 6.45) is -0.599. The van der Waals surface area contributed by atoms with Crippen molar-refractivity contribution in [2.45, 2.75) is 43.4 Å². The number of ether oxygens (including phenoxy) is 1. The van der Waals surface area contributed by atoms with Gasteiger partial charge in [-0.2, -0.15) is 17.5 Å². The quantitative estimate of drug-likeness (QED) is 0.713. The van der Waals surface area contributed by atoms with Gasteiger partial charge in [-0.05, 0) is 50.2 Å². The van der Waals surface area contributed by atoms with E-state index < -0.39 is 21.9 Å². The zero-order valence-corrected chi connectivity index (χ0v) is 17.7. The molecule has 30 heavy (non-hydrogen) atoms. The fourth-order valence-electron chi connectivity index (χ4n) is 5.69. The molecule has 3 atom stereocenters. The van der Waals surface area contributed by atoms with Crippen molar-refractivity contribution in [3.05, 3.63) is 23.5 Å². The van der Waals surface area contributed by atoms with Crippen molar-refractivity contribution in [3.8, 4) is 0 Å². The van der Waals surface area contributed by atoms with Crippen molar-refractivity contribution in [1.29, 1.82) is 0 Å². The second-order valence-electron chi connectivity index (χ2n) is 9.51. The normalized spacial score (nSPS) is 31.5. The van der Waals surface area contributed by atoms with Crippen molar-refractivity contribution in [1.82, 2.24) is 14.2 Å². The Kier molecular flexibility index (Phi) is 4.74. The van der Waals surface area contributed by atoms with E-state index in [0.29, 0.717) is 31.0 Å². The summed E-state index contributed by atoms with van der Waals surface area (Å²) in [5, 5.41) is 0. The fraction of sp³-hybridized carbons (Fsp3) is 0.750. The van der Waals surface area contributed by atoms with Crippen LogP contribution in [-0.4, -0.2) is 68.0 Å². The average Bonchev–Trinajstić information content (AvgIpc) is 2.98. The number of nitrogens with zero attached hydrogens (tertiary/aromatic N) is 3. The molecular weight excluding hydrogens is 419 g/mol. The summed E-state index contributed by atoms with van der Waals surface area (Å²) < 4.78 is 71.3. The minimum Gasteiger partial charge on any atom is -0.378 e. The Hall–Kier alpha value is -1.23. The van der Waals surface area contributed by atoms with Gasteiger partial charge in [0.15, 0.2) is 0 Å². The Labute approximate surface area is 174 Å². The molecule has 1 aromatic rings. The Morgan fingerprint density at radius 2 is 1.93 bits per heavy atom. The fourth-order valence-corrected chi connectivity index (χ4v) is 7.52. The van der Waals surface area contributed by atoms with Crippen LogP contribution in [0.4, 0.5) is 13.2 Å². The van der Waals surface area contributed by atoms with E-state index in [1.807, 2.05) is 0 Å². The molecule has 3 saturated heterocycles. The summed E-state index contributed by atoms with van der Waals surface area (Å²) in [5.74, 6) is 1.33. The maximum Gasteiger partial charge on any atom is 0.433 e. The highest BCUT2D eigenvalue weighted by atomic mass is 32.2. The lowest BCUT2D eigenvalue weighted by molar-refractivity contribution is -0.141. The number of hydrogen-bond acceptors (Lipinski definition) is 5. The molecule has 1 aromatic heterocycles. The number of hydrogen-bond donors (Lipinski definition) is 0. The van der Waals surface area contributed by atoms with Gasteiger partial charge in [-0.25, -0.2) is 13.4 Å². The average molecular weight is 446 g/mol. The van der Waals surface area contributed by atoms with Crippen LogP contribution in [0.1, 0.15) is 30.7 Å². The molecule has 0 amide bonds. The van der Waals surface area contributed by atoms with Crippen LogP contribution in [0.3, 0.4) is 0 Å². The van der Waals surface area contributed by atoms with Gasteiger partial charge in [0, 0.05) is 38.1 Å². The number of aromatic nitrogens is 1. The highest BCUT2D eigenvalue weighted by Crippen LogP contribution is 2.45. The van der Waals surface area contributed by atoms with Crippen molar-refractivity contribution < 1.29 is 26.3 Å². The minimum atomic E-state index is -4.59. The molecule has 1 aliphatic carbocycles. The molecule has 4 fully saturated rings. The molecule has 2 bridgehead atoms. The molecule has 6 nitrogen and oxygen atoms in total. The van der Waals surface area contributed by atoms with E-state index in [1.54, 1.807) is 0 Å². The molecule has 4 heterocycles. The summed E-state index contributed by atoms with van der Waals surface area (Å²) in [6.45, 7) is 5.85. The third-order valence-corrected chi connectivity index (χ3v) is 9.14. The van der Waals surface area contributed by atoms with Crippen LogP contribution in [0.2, 0.25) is 0 Å². The Morgan fingerprint density at radius 1 is 1.20 bits per heavy atom. The van der Waals surface area contributed by atoms with Crippen LogP contribution in [-0.2, 0) is 20.9 Å². The van der Waals surface area contributed by atoms with E-state index >= 15 is 0 Å². The lowest BCUT2D eigenvalue weighted by Gasteiger charge is -2.60. The first-order valence-corrected chi connectivity index (χ1v) is 11.9. The number of likely N-dealkylation sites (tertiary alicyclic amines) is 1. The Morgan fingerprint density at radius 3 is 2.60 bits per heavy atom. The zero-order valence-electron chi connectivity index (χ0n) is 16.9. The van der Waals surface area contributed by atoms with Crippen molar-refractivity contribution in [2.75, 3.05) is 39.3 Å². The SMILES string of the molecule is Cc1nc(C(F)(F)F)ccc1S(=O)(=O)N1CC2(CN(C[C@@H]3CC[C@H]4C[C@H]3CO4)C2)C1. The lowest BCUT2D eigenvalue weighted by Crippen LogP contribution is -2.73. The van der Waals surface area contributed by atoms with Crippen molar-refractivity contribution in [3.63, 3.8) is 0 Å². The summed E-state index contributed by atoms with van der Waals surface area (Å²) in [7, 11) is -3.83. The molecule has 10 heteroatoms. The number of pyridine rings is 1. The monoisotopic (exact) mass is 445 g/mol. The molecule has 0 unspecified atom stereocenters. The predicted molar refractivity (Wildman–Crippen MR) is 102 cm³/mol. The minimum absolute atomic E-state index is 0.0102. The molecule has 0 radical (unpaired) electrons. The van der Waals surface area contributed by atoms with Crippen molar-refractivity contribution in [2.24, 2.45) is 17.3 Å². The van der Waals surface area contributed by atoms with E-state index in [2.05, 4.69) is 9.88 Å². The second-order valence-corrected chi connectivity index (χ2v) is 11.4. The van der Waals surface area contributed by atoms with Crippen LogP contribution in [0.25, 0.3) is 0 Å². The molecule has 1 spiro atoms. The second kappa shape index (κ2) is 6.88. The molecule has 0 aromatic carbocycles. The number of alkyl halides is 3. The zero-order chi connectivity index (χ0) is 21.3. The van der Waals surface area contributed by atoms with Crippen LogP contribution in [0.5, 0.6) is 0 Å². The Balaban J connectivity index is 1.18.